The van der Waals surface area contributed by atoms with E-state index in [4.69, 9.17) is 5.73 Å². The van der Waals surface area contributed by atoms with Crippen molar-refractivity contribution in [2.75, 3.05) is 6.54 Å². The maximum atomic E-state index is 11.9. The molecule has 0 amide bonds. The summed E-state index contributed by atoms with van der Waals surface area (Å²) in [5.41, 5.74) is 4.60. The lowest BCUT2D eigenvalue weighted by atomic mass is 10.2. The molecule has 1 rings (SSSR count). The minimum absolute atomic E-state index is 0.101. The van der Waals surface area contributed by atoms with Gasteiger partial charge in [0.25, 0.3) is 0 Å². The largest absolute Gasteiger partial charge is 0.414 e. The Hall–Kier alpha value is -1.13. The Morgan fingerprint density at radius 1 is 1.45 bits per heavy atom. The second kappa shape index (κ2) is 2.48. The fourth-order valence-electron chi connectivity index (χ4n) is 0.755. The van der Waals surface area contributed by atoms with Crippen molar-refractivity contribution in [1.82, 2.24) is 5.32 Å². The maximum Gasteiger partial charge on any atom is 0.414 e. The smallest absolute Gasteiger partial charge is 0.398 e. The standard InChI is InChI=1S/C6H7F3N2/c7-6(8,9)4-1-5(10)3-11-2-4/h1,3,11H,2,10H2. The molecule has 3 N–H and O–H groups in total. The maximum absolute atomic E-state index is 11.9. The van der Waals surface area contributed by atoms with E-state index in [-0.39, 0.29) is 12.2 Å². The summed E-state index contributed by atoms with van der Waals surface area (Å²) in [5, 5.41) is 2.42. The van der Waals surface area contributed by atoms with Gasteiger partial charge in [0.2, 0.25) is 0 Å². The number of hydrogen-bond donors (Lipinski definition) is 2. The van der Waals surface area contributed by atoms with Gasteiger partial charge in [0, 0.05) is 18.4 Å². The first-order chi connectivity index (χ1) is 5.00. The van der Waals surface area contributed by atoms with E-state index in [2.05, 4.69) is 5.32 Å². The Labute approximate surface area is 61.6 Å². The van der Waals surface area contributed by atoms with Crippen LogP contribution in [0.3, 0.4) is 0 Å². The quantitative estimate of drug-likeness (QED) is 0.557. The van der Waals surface area contributed by atoms with Gasteiger partial charge in [-0.05, 0) is 6.08 Å². The van der Waals surface area contributed by atoms with E-state index in [0.29, 0.717) is 0 Å². The second-order valence-corrected chi connectivity index (χ2v) is 2.19. The zero-order chi connectivity index (χ0) is 8.48. The van der Waals surface area contributed by atoms with Gasteiger partial charge in [-0.2, -0.15) is 13.2 Å². The first-order valence-electron chi connectivity index (χ1n) is 2.97. The molecule has 5 heteroatoms. The van der Waals surface area contributed by atoms with Crippen LogP contribution in [0.25, 0.3) is 0 Å². The Morgan fingerprint density at radius 3 is 2.45 bits per heavy atom. The topological polar surface area (TPSA) is 38.0 Å². The highest BCUT2D eigenvalue weighted by molar-refractivity contribution is 5.28. The minimum Gasteiger partial charge on any atom is -0.398 e. The third-order valence-corrected chi connectivity index (χ3v) is 1.27. The van der Waals surface area contributed by atoms with Crippen LogP contribution < -0.4 is 11.1 Å². The van der Waals surface area contributed by atoms with Crippen molar-refractivity contribution >= 4 is 0 Å². The van der Waals surface area contributed by atoms with E-state index in [1.165, 1.54) is 6.20 Å². The van der Waals surface area contributed by atoms with Crippen LogP contribution in [0, 0.1) is 0 Å². The Morgan fingerprint density at radius 2 is 2.09 bits per heavy atom. The molecule has 0 atom stereocenters. The fraction of sp³-hybridized carbons (Fsp3) is 0.333. The molecule has 11 heavy (non-hydrogen) atoms. The first kappa shape index (κ1) is 7.97. The van der Waals surface area contributed by atoms with Gasteiger partial charge in [0.05, 0.1) is 5.57 Å². The molecule has 0 unspecified atom stereocenters. The Kier molecular flexibility index (Phi) is 1.80. The number of dihydropyridines is 1. The zero-order valence-corrected chi connectivity index (χ0v) is 5.57. The normalized spacial score (nSPS) is 18.5. The lowest BCUT2D eigenvalue weighted by Crippen LogP contribution is -2.26. The second-order valence-electron chi connectivity index (χ2n) is 2.19. The number of hydrogen-bond acceptors (Lipinski definition) is 2. The van der Waals surface area contributed by atoms with Crippen molar-refractivity contribution < 1.29 is 13.2 Å². The lowest BCUT2D eigenvalue weighted by molar-refractivity contribution is -0.0929. The molecule has 1 heterocycles. The van der Waals surface area contributed by atoms with Gasteiger partial charge in [0.1, 0.15) is 0 Å². The van der Waals surface area contributed by atoms with Crippen molar-refractivity contribution in [3.63, 3.8) is 0 Å². The summed E-state index contributed by atoms with van der Waals surface area (Å²) in [6, 6.07) is 0. The molecule has 1 aliphatic rings. The van der Waals surface area contributed by atoms with Gasteiger partial charge in [-0.3, -0.25) is 0 Å². The van der Waals surface area contributed by atoms with E-state index in [0.717, 1.165) is 6.08 Å². The third kappa shape index (κ3) is 1.89. The SMILES string of the molecule is NC1=CNCC(C(F)(F)F)=C1. The summed E-state index contributed by atoms with van der Waals surface area (Å²) in [6.45, 7) is -0.204. The van der Waals surface area contributed by atoms with Gasteiger partial charge < -0.3 is 11.1 Å². The Bertz CT molecular complexity index is 214. The predicted molar refractivity (Wildman–Crippen MR) is 34.4 cm³/mol. The van der Waals surface area contributed by atoms with Crippen LogP contribution in [0.4, 0.5) is 13.2 Å². The van der Waals surface area contributed by atoms with E-state index >= 15 is 0 Å². The van der Waals surface area contributed by atoms with E-state index in [1.54, 1.807) is 0 Å². The molecule has 0 radical (unpaired) electrons. The van der Waals surface area contributed by atoms with Crippen LogP contribution in [0.1, 0.15) is 0 Å². The summed E-state index contributed by atoms with van der Waals surface area (Å²) in [4.78, 5) is 0. The number of halogens is 3. The highest BCUT2D eigenvalue weighted by Gasteiger charge is 2.33. The molecule has 0 aromatic heterocycles. The molecular weight excluding hydrogens is 157 g/mol. The van der Waals surface area contributed by atoms with Gasteiger partial charge in [0.15, 0.2) is 0 Å². The van der Waals surface area contributed by atoms with Crippen molar-refractivity contribution in [3.8, 4) is 0 Å². The minimum atomic E-state index is -4.27. The van der Waals surface area contributed by atoms with Gasteiger partial charge in [-0.25, -0.2) is 0 Å². The van der Waals surface area contributed by atoms with Crippen molar-refractivity contribution in [2.24, 2.45) is 5.73 Å². The molecule has 0 fully saturated rings. The summed E-state index contributed by atoms with van der Waals surface area (Å²) < 4.78 is 35.8. The van der Waals surface area contributed by atoms with Crippen molar-refractivity contribution in [2.45, 2.75) is 6.18 Å². The van der Waals surface area contributed by atoms with Crippen LogP contribution >= 0.6 is 0 Å². The molecule has 0 aromatic carbocycles. The molecule has 0 spiro atoms. The summed E-state index contributed by atoms with van der Waals surface area (Å²) in [5.74, 6) is 0. The van der Waals surface area contributed by atoms with E-state index in [9.17, 15) is 13.2 Å². The van der Waals surface area contributed by atoms with Crippen LogP contribution in [0.5, 0.6) is 0 Å². The molecule has 1 aliphatic heterocycles. The van der Waals surface area contributed by atoms with Crippen LogP contribution in [-0.4, -0.2) is 12.7 Å². The lowest BCUT2D eigenvalue weighted by Gasteiger charge is -2.15. The van der Waals surface area contributed by atoms with Crippen LogP contribution in [0.2, 0.25) is 0 Å². The molecular formula is C6H7F3N2. The molecule has 62 valence electrons. The van der Waals surface area contributed by atoms with Crippen molar-refractivity contribution in [3.05, 3.63) is 23.5 Å². The van der Waals surface area contributed by atoms with Crippen molar-refractivity contribution in [1.29, 1.82) is 0 Å². The number of rotatable bonds is 0. The highest BCUT2D eigenvalue weighted by Crippen LogP contribution is 2.26. The summed E-state index contributed by atoms with van der Waals surface area (Å²) >= 11 is 0. The van der Waals surface area contributed by atoms with E-state index < -0.39 is 11.7 Å². The molecule has 2 nitrogen and oxygen atoms in total. The third-order valence-electron chi connectivity index (χ3n) is 1.27. The average Bonchev–Trinajstić information content (AvgIpc) is 1.86. The van der Waals surface area contributed by atoms with Crippen LogP contribution in [0.15, 0.2) is 23.5 Å². The van der Waals surface area contributed by atoms with E-state index in [1.807, 2.05) is 0 Å². The molecule has 0 aromatic rings. The predicted octanol–water partition coefficient (Wildman–Crippen LogP) is 0.878. The fourth-order valence-corrected chi connectivity index (χ4v) is 0.755. The summed E-state index contributed by atoms with van der Waals surface area (Å²) in [6.07, 6.45) is -2.00. The highest BCUT2D eigenvalue weighted by atomic mass is 19.4. The summed E-state index contributed by atoms with van der Waals surface area (Å²) in [7, 11) is 0. The Balaban J connectivity index is 2.82. The molecule has 0 bridgehead atoms. The molecule has 0 saturated heterocycles. The first-order valence-corrected chi connectivity index (χ1v) is 2.97. The van der Waals surface area contributed by atoms with Gasteiger partial charge >= 0.3 is 6.18 Å². The number of nitrogens with one attached hydrogen (secondary N) is 1. The number of allylic oxidation sites excluding steroid dienone is 1. The number of alkyl halides is 3. The average molecular weight is 164 g/mol. The molecule has 0 aliphatic carbocycles. The van der Waals surface area contributed by atoms with Crippen LogP contribution in [-0.2, 0) is 0 Å². The zero-order valence-electron chi connectivity index (χ0n) is 5.57. The monoisotopic (exact) mass is 164 g/mol. The van der Waals surface area contributed by atoms with Gasteiger partial charge in [-0.1, -0.05) is 0 Å². The molecule has 0 saturated carbocycles. The number of nitrogens with two attached hydrogens (primary N) is 1. The van der Waals surface area contributed by atoms with Gasteiger partial charge in [-0.15, -0.1) is 0 Å².